The fourth-order valence-electron chi connectivity index (χ4n) is 4.50. The van der Waals surface area contributed by atoms with Crippen molar-refractivity contribution in [1.29, 1.82) is 0 Å². The molecule has 0 fully saturated rings. The molecule has 0 aliphatic carbocycles. The van der Waals surface area contributed by atoms with Gasteiger partial charge in [0.15, 0.2) is 0 Å². The molecule has 0 unspecified atom stereocenters. The van der Waals surface area contributed by atoms with E-state index in [0.717, 1.165) is 59.7 Å². The van der Waals surface area contributed by atoms with Gasteiger partial charge in [-0.15, -0.1) is 0 Å². The van der Waals surface area contributed by atoms with E-state index in [0.29, 0.717) is 19.6 Å². The number of rotatable bonds is 12. The number of aryl methyl sites for hydroxylation is 2. The maximum atomic E-state index is 12.4. The van der Waals surface area contributed by atoms with Crippen molar-refractivity contribution in [3.05, 3.63) is 89.7 Å². The number of benzene rings is 3. The minimum atomic E-state index is 0.0244. The van der Waals surface area contributed by atoms with Gasteiger partial charge in [-0.05, 0) is 65.8 Å². The Labute approximate surface area is 226 Å². The van der Waals surface area contributed by atoms with Crippen molar-refractivity contribution in [2.24, 2.45) is 0 Å². The molecule has 6 nitrogen and oxygen atoms in total. The Morgan fingerprint density at radius 1 is 0.921 bits per heavy atom. The number of imidazole rings is 1. The van der Waals surface area contributed by atoms with Crippen molar-refractivity contribution in [3.63, 3.8) is 0 Å². The minimum absolute atomic E-state index is 0.0244. The lowest BCUT2D eigenvalue weighted by atomic mass is 9.87. The summed E-state index contributed by atoms with van der Waals surface area (Å²) in [7, 11) is 1.64. The number of methoxy groups -OCH3 is 1. The Morgan fingerprint density at radius 2 is 1.63 bits per heavy atom. The molecule has 0 radical (unpaired) electrons. The predicted molar refractivity (Wildman–Crippen MR) is 153 cm³/mol. The molecule has 4 aromatic rings. The summed E-state index contributed by atoms with van der Waals surface area (Å²) >= 11 is 0. The number of hydrogen-bond donors (Lipinski definition) is 1. The number of hydrogen-bond acceptors (Lipinski definition) is 4. The molecule has 1 heterocycles. The summed E-state index contributed by atoms with van der Waals surface area (Å²) in [6.07, 6.45) is 2.87. The van der Waals surface area contributed by atoms with Crippen LogP contribution in [0.5, 0.6) is 11.5 Å². The van der Waals surface area contributed by atoms with E-state index in [4.69, 9.17) is 14.5 Å². The summed E-state index contributed by atoms with van der Waals surface area (Å²) in [5.74, 6) is 2.76. The molecular formula is C32H39N3O3. The van der Waals surface area contributed by atoms with E-state index >= 15 is 0 Å². The number of para-hydroxylation sites is 2. The third-order valence-corrected chi connectivity index (χ3v) is 6.67. The summed E-state index contributed by atoms with van der Waals surface area (Å²) in [5, 5.41) is 3.04. The van der Waals surface area contributed by atoms with Crippen LogP contribution >= 0.6 is 0 Å². The molecule has 0 saturated heterocycles. The van der Waals surface area contributed by atoms with E-state index < -0.39 is 0 Å². The second-order valence-corrected chi connectivity index (χ2v) is 10.6. The maximum absolute atomic E-state index is 12.4. The fourth-order valence-corrected chi connectivity index (χ4v) is 4.50. The molecule has 0 bridgehead atoms. The third-order valence-electron chi connectivity index (χ3n) is 6.67. The zero-order valence-corrected chi connectivity index (χ0v) is 23.0. The highest BCUT2D eigenvalue weighted by atomic mass is 16.5. The van der Waals surface area contributed by atoms with Crippen LogP contribution in [0.25, 0.3) is 11.0 Å². The Balaban J connectivity index is 1.27. The molecule has 1 amide bonds. The summed E-state index contributed by atoms with van der Waals surface area (Å²) in [6.45, 7) is 8.74. The topological polar surface area (TPSA) is 65.4 Å². The Morgan fingerprint density at radius 3 is 2.34 bits per heavy atom. The first kappa shape index (κ1) is 27.2. The first-order valence-corrected chi connectivity index (χ1v) is 13.4. The van der Waals surface area contributed by atoms with Crippen molar-refractivity contribution in [3.8, 4) is 11.5 Å². The quantitative estimate of drug-likeness (QED) is 0.232. The molecule has 38 heavy (non-hydrogen) atoms. The Kier molecular flexibility index (Phi) is 9.06. The molecule has 3 aromatic carbocycles. The second kappa shape index (κ2) is 12.6. The van der Waals surface area contributed by atoms with Crippen LogP contribution in [0.15, 0.2) is 72.8 Å². The molecule has 0 aliphatic heterocycles. The van der Waals surface area contributed by atoms with Crippen LogP contribution in [-0.2, 0) is 29.6 Å². The van der Waals surface area contributed by atoms with Crippen LogP contribution in [0, 0.1) is 0 Å². The number of carbonyl (C=O) groups is 1. The fraction of sp³-hybridized carbons (Fsp3) is 0.375. The van der Waals surface area contributed by atoms with Gasteiger partial charge < -0.3 is 19.4 Å². The van der Waals surface area contributed by atoms with E-state index in [1.807, 2.05) is 30.3 Å². The van der Waals surface area contributed by atoms with Gasteiger partial charge in [0, 0.05) is 19.5 Å². The largest absolute Gasteiger partial charge is 0.497 e. The molecule has 1 aromatic heterocycles. The predicted octanol–water partition coefficient (Wildman–Crippen LogP) is 6.10. The molecule has 1 N–H and O–H groups in total. The van der Waals surface area contributed by atoms with E-state index in [1.54, 1.807) is 7.11 Å². The van der Waals surface area contributed by atoms with Gasteiger partial charge in [-0.1, -0.05) is 57.2 Å². The molecule has 0 atom stereocenters. The maximum Gasteiger partial charge on any atom is 0.224 e. The monoisotopic (exact) mass is 513 g/mol. The second-order valence-electron chi connectivity index (χ2n) is 10.6. The van der Waals surface area contributed by atoms with Crippen molar-refractivity contribution < 1.29 is 14.3 Å². The lowest BCUT2D eigenvalue weighted by Gasteiger charge is -2.19. The normalized spacial score (nSPS) is 11.5. The molecule has 0 saturated carbocycles. The van der Waals surface area contributed by atoms with E-state index in [2.05, 4.69) is 73.1 Å². The number of nitrogens with one attached hydrogen (secondary N) is 1. The molecule has 6 heteroatoms. The number of amides is 1. The van der Waals surface area contributed by atoms with Crippen molar-refractivity contribution >= 4 is 16.9 Å². The van der Waals surface area contributed by atoms with Crippen molar-refractivity contribution in [1.82, 2.24) is 14.9 Å². The zero-order valence-electron chi connectivity index (χ0n) is 23.0. The van der Waals surface area contributed by atoms with Crippen LogP contribution < -0.4 is 14.8 Å². The van der Waals surface area contributed by atoms with Crippen LogP contribution in [0.2, 0.25) is 0 Å². The average molecular weight is 514 g/mol. The summed E-state index contributed by atoms with van der Waals surface area (Å²) < 4.78 is 13.5. The molecule has 0 aliphatic rings. The highest BCUT2D eigenvalue weighted by molar-refractivity contribution is 5.78. The van der Waals surface area contributed by atoms with Crippen LogP contribution in [0.1, 0.15) is 50.6 Å². The van der Waals surface area contributed by atoms with Gasteiger partial charge in [-0.25, -0.2) is 4.98 Å². The Bertz CT molecular complexity index is 1320. The summed E-state index contributed by atoms with van der Waals surface area (Å²) in [4.78, 5) is 17.2. The number of aromatic nitrogens is 2. The summed E-state index contributed by atoms with van der Waals surface area (Å²) in [6, 6.07) is 24.2. The van der Waals surface area contributed by atoms with E-state index in [1.165, 1.54) is 5.56 Å². The number of fused-ring (bicyclic) bond motifs is 1. The average Bonchev–Trinajstić information content (AvgIpc) is 3.26. The number of ether oxygens (including phenoxy) is 2. The molecule has 200 valence electrons. The van der Waals surface area contributed by atoms with Crippen LogP contribution in [0.3, 0.4) is 0 Å². The van der Waals surface area contributed by atoms with Gasteiger partial charge in [0.05, 0.1) is 31.2 Å². The Hall–Kier alpha value is -3.80. The lowest BCUT2D eigenvalue weighted by Crippen LogP contribution is -2.26. The van der Waals surface area contributed by atoms with Gasteiger partial charge in [0.2, 0.25) is 5.91 Å². The highest BCUT2D eigenvalue weighted by Crippen LogP contribution is 2.24. The third kappa shape index (κ3) is 7.37. The van der Waals surface area contributed by atoms with Crippen molar-refractivity contribution in [2.45, 2.75) is 58.4 Å². The standard InChI is InChI=1S/C32H39N3O3/c1-32(2,3)25-14-18-27(19-15-25)38-22-8-21-35-29-10-6-5-9-28(29)34-30(35)11-7-20-33-31(36)23-24-12-16-26(37-4)17-13-24/h5-6,9-10,12-19H,7-8,11,20-23H2,1-4H3,(H,33,36). The minimum Gasteiger partial charge on any atom is -0.497 e. The van der Waals surface area contributed by atoms with Crippen LogP contribution in [0.4, 0.5) is 0 Å². The van der Waals surface area contributed by atoms with Gasteiger partial charge in [0.25, 0.3) is 0 Å². The van der Waals surface area contributed by atoms with E-state index in [9.17, 15) is 4.79 Å². The number of nitrogens with zero attached hydrogens (tertiary/aromatic N) is 2. The van der Waals surface area contributed by atoms with Gasteiger partial charge >= 0.3 is 0 Å². The lowest BCUT2D eigenvalue weighted by molar-refractivity contribution is -0.120. The summed E-state index contributed by atoms with van der Waals surface area (Å²) in [5.41, 5.74) is 4.55. The first-order valence-electron chi connectivity index (χ1n) is 13.4. The molecule has 4 rings (SSSR count). The first-order chi connectivity index (χ1) is 18.3. The molecule has 0 spiro atoms. The zero-order chi connectivity index (χ0) is 27.0. The van der Waals surface area contributed by atoms with Gasteiger partial charge in [0.1, 0.15) is 17.3 Å². The van der Waals surface area contributed by atoms with Crippen LogP contribution in [-0.4, -0.2) is 35.7 Å². The SMILES string of the molecule is COc1ccc(CC(=O)NCCCc2nc3ccccc3n2CCCOc2ccc(C(C)(C)C)cc2)cc1. The van der Waals surface area contributed by atoms with Gasteiger partial charge in [-0.3, -0.25) is 4.79 Å². The van der Waals surface area contributed by atoms with Gasteiger partial charge in [-0.2, -0.15) is 0 Å². The number of carbonyl (C=O) groups excluding carboxylic acids is 1. The smallest absolute Gasteiger partial charge is 0.224 e. The van der Waals surface area contributed by atoms with Crippen molar-refractivity contribution in [2.75, 3.05) is 20.3 Å². The van der Waals surface area contributed by atoms with E-state index in [-0.39, 0.29) is 11.3 Å². The molecular weight excluding hydrogens is 474 g/mol. The highest BCUT2D eigenvalue weighted by Gasteiger charge is 2.13.